The summed E-state index contributed by atoms with van der Waals surface area (Å²) in [5, 5.41) is 3.31. The SMILES string of the molecule is Cc1c(Cl)cccc1NC(=O)COC(=O)c1cc(-c2ccc(C=O)o2)ccc1Cl. The highest BCUT2D eigenvalue weighted by Gasteiger charge is 2.17. The van der Waals surface area contributed by atoms with Crippen LogP contribution >= 0.6 is 23.2 Å². The highest BCUT2D eigenvalue weighted by molar-refractivity contribution is 6.33. The van der Waals surface area contributed by atoms with Crippen LogP contribution in [0.5, 0.6) is 0 Å². The zero-order valence-electron chi connectivity index (χ0n) is 15.2. The maximum Gasteiger partial charge on any atom is 0.340 e. The predicted molar refractivity (Wildman–Crippen MR) is 110 cm³/mol. The molecule has 0 spiro atoms. The first-order valence-electron chi connectivity index (χ1n) is 8.46. The first-order valence-corrected chi connectivity index (χ1v) is 9.21. The fourth-order valence-electron chi connectivity index (χ4n) is 2.54. The standard InChI is InChI=1S/C21H15Cl2NO5/c1-12-16(22)3-2-4-18(12)24-20(26)11-28-21(27)15-9-13(5-7-17(15)23)19-8-6-14(10-25)29-19/h2-10H,11H2,1H3,(H,24,26). The molecule has 8 heteroatoms. The van der Waals surface area contributed by atoms with Crippen molar-refractivity contribution in [3.05, 3.63) is 75.5 Å². The van der Waals surface area contributed by atoms with Gasteiger partial charge in [-0.15, -0.1) is 0 Å². The minimum atomic E-state index is -0.767. The van der Waals surface area contributed by atoms with Gasteiger partial charge < -0.3 is 14.5 Å². The van der Waals surface area contributed by atoms with Crippen molar-refractivity contribution in [1.29, 1.82) is 0 Å². The summed E-state index contributed by atoms with van der Waals surface area (Å²) < 4.78 is 10.4. The van der Waals surface area contributed by atoms with Gasteiger partial charge in [-0.05, 0) is 55.0 Å². The molecule has 0 atom stereocenters. The monoisotopic (exact) mass is 431 g/mol. The Morgan fingerprint density at radius 2 is 1.90 bits per heavy atom. The first kappa shape index (κ1) is 20.6. The lowest BCUT2D eigenvalue weighted by atomic mass is 10.1. The van der Waals surface area contributed by atoms with E-state index in [0.29, 0.717) is 33.9 Å². The molecule has 0 unspecified atom stereocenters. The van der Waals surface area contributed by atoms with Crippen LogP contribution in [-0.4, -0.2) is 24.8 Å². The van der Waals surface area contributed by atoms with Crippen molar-refractivity contribution in [3.8, 4) is 11.3 Å². The number of amides is 1. The van der Waals surface area contributed by atoms with E-state index in [1.165, 1.54) is 18.2 Å². The highest BCUT2D eigenvalue weighted by atomic mass is 35.5. The van der Waals surface area contributed by atoms with Crippen molar-refractivity contribution in [2.75, 3.05) is 11.9 Å². The maximum absolute atomic E-state index is 12.4. The van der Waals surface area contributed by atoms with E-state index >= 15 is 0 Å². The van der Waals surface area contributed by atoms with Crippen LogP contribution in [0.15, 0.2) is 52.9 Å². The van der Waals surface area contributed by atoms with Gasteiger partial charge in [0.1, 0.15) is 5.76 Å². The molecule has 0 saturated carbocycles. The van der Waals surface area contributed by atoms with E-state index < -0.39 is 18.5 Å². The number of carbonyl (C=O) groups is 3. The van der Waals surface area contributed by atoms with Crippen molar-refractivity contribution in [2.24, 2.45) is 0 Å². The van der Waals surface area contributed by atoms with Crippen molar-refractivity contribution >= 4 is 47.1 Å². The molecule has 1 N–H and O–H groups in total. The summed E-state index contributed by atoms with van der Waals surface area (Å²) in [7, 11) is 0. The van der Waals surface area contributed by atoms with Crippen LogP contribution in [0.2, 0.25) is 10.0 Å². The normalized spacial score (nSPS) is 10.4. The molecule has 3 aromatic rings. The van der Waals surface area contributed by atoms with Gasteiger partial charge in [0.15, 0.2) is 18.7 Å². The number of nitrogens with one attached hydrogen (secondary N) is 1. The molecule has 0 bridgehead atoms. The minimum Gasteiger partial charge on any atom is -0.453 e. The average molecular weight is 432 g/mol. The molecular formula is C21H15Cl2NO5. The Morgan fingerprint density at radius 3 is 2.62 bits per heavy atom. The maximum atomic E-state index is 12.4. The van der Waals surface area contributed by atoms with Crippen LogP contribution in [-0.2, 0) is 9.53 Å². The van der Waals surface area contributed by atoms with Gasteiger partial charge in [0.2, 0.25) is 0 Å². The molecule has 0 radical (unpaired) electrons. The average Bonchev–Trinajstić information content (AvgIpc) is 3.19. The van der Waals surface area contributed by atoms with Gasteiger partial charge in [-0.2, -0.15) is 0 Å². The van der Waals surface area contributed by atoms with Crippen LogP contribution in [0.4, 0.5) is 5.69 Å². The van der Waals surface area contributed by atoms with Crippen LogP contribution in [0.1, 0.15) is 26.5 Å². The number of benzene rings is 2. The van der Waals surface area contributed by atoms with Gasteiger partial charge in [0.25, 0.3) is 5.91 Å². The zero-order chi connectivity index (χ0) is 21.0. The second kappa shape index (κ2) is 8.94. The van der Waals surface area contributed by atoms with Crippen molar-refractivity contribution in [3.63, 3.8) is 0 Å². The van der Waals surface area contributed by atoms with Gasteiger partial charge in [0.05, 0.1) is 10.6 Å². The molecule has 0 fully saturated rings. The van der Waals surface area contributed by atoms with Gasteiger partial charge in [-0.3, -0.25) is 9.59 Å². The molecule has 6 nitrogen and oxygen atoms in total. The third-order valence-electron chi connectivity index (χ3n) is 4.09. The molecule has 0 aliphatic rings. The number of anilines is 1. The van der Waals surface area contributed by atoms with E-state index in [-0.39, 0.29) is 16.3 Å². The van der Waals surface area contributed by atoms with Crippen LogP contribution in [0, 0.1) is 6.92 Å². The lowest BCUT2D eigenvalue weighted by Crippen LogP contribution is -2.21. The van der Waals surface area contributed by atoms with Crippen molar-refractivity contribution < 1.29 is 23.5 Å². The van der Waals surface area contributed by atoms with E-state index in [1.807, 2.05) is 0 Å². The quantitative estimate of drug-likeness (QED) is 0.429. The van der Waals surface area contributed by atoms with E-state index in [0.717, 1.165) is 0 Å². The number of ether oxygens (including phenoxy) is 1. The number of carbonyl (C=O) groups excluding carboxylic acids is 3. The topological polar surface area (TPSA) is 85.6 Å². The molecule has 2 aromatic carbocycles. The number of furan rings is 1. The lowest BCUT2D eigenvalue weighted by molar-refractivity contribution is -0.119. The number of rotatable bonds is 6. The lowest BCUT2D eigenvalue weighted by Gasteiger charge is -2.10. The Balaban J connectivity index is 1.68. The Morgan fingerprint density at radius 1 is 1.10 bits per heavy atom. The van der Waals surface area contributed by atoms with Crippen LogP contribution in [0.3, 0.4) is 0 Å². The Bertz CT molecular complexity index is 1090. The summed E-state index contributed by atoms with van der Waals surface area (Å²) in [6.45, 7) is 1.27. The number of esters is 1. The van der Waals surface area contributed by atoms with Crippen LogP contribution in [0.25, 0.3) is 11.3 Å². The summed E-state index contributed by atoms with van der Waals surface area (Å²) in [6, 6.07) is 12.8. The largest absolute Gasteiger partial charge is 0.453 e. The Labute approximate surface area is 176 Å². The van der Waals surface area contributed by atoms with E-state index in [2.05, 4.69) is 5.32 Å². The van der Waals surface area contributed by atoms with E-state index in [4.69, 9.17) is 32.4 Å². The molecule has 148 valence electrons. The molecule has 3 rings (SSSR count). The number of aldehydes is 1. The summed E-state index contributed by atoms with van der Waals surface area (Å²) >= 11 is 12.1. The predicted octanol–water partition coefficient (Wildman–Crippen LogP) is 5.17. The van der Waals surface area contributed by atoms with Gasteiger partial charge in [-0.25, -0.2) is 4.79 Å². The molecule has 1 heterocycles. The van der Waals surface area contributed by atoms with E-state index in [9.17, 15) is 14.4 Å². The summed E-state index contributed by atoms with van der Waals surface area (Å²) in [5.74, 6) is -0.728. The van der Waals surface area contributed by atoms with Gasteiger partial charge in [0, 0.05) is 16.3 Å². The Kier molecular flexibility index (Phi) is 6.36. The first-order chi connectivity index (χ1) is 13.9. The molecule has 0 saturated heterocycles. The van der Waals surface area contributed by atoms with E-state index in [1.54, 1.807) is 37.3 Å². The van der Waals surface area contributed by atoms with Gasteiger partial charge in [-0.1, -0.05) is 29.3 Å². The summed E-state index contributed by atoms with van der Waals surface area (Å²) in [5.41, 5.74) is 1.84. The molecular weight excluding hydrogens is 417 g/mol. The smallest absolute Gasteiger partial charge is 0.340 e. The third-order valence-corrected chi connectivity index (χ3v) is 4.83. The fourth-order valence-corrected chi connectivity index (χ4v) is 2.91. The van der Waals surface area contributed by atoms with Crippen molar-refractivity contribution in [2.45, 2.75) is 6.92 Å². The number of hydrogen-bond donors (Lipinski definition) is 1. The highest BCUT2D eigenvalue weighted by Crippen LogP contribution is 2.27. The number of halogens is 2. The Hall–Kier alpha value is -3.09. The molecule has 29 heavy (non-hydrogen) atoms. The summed E-state index contributed by atoms with van der Waals surface area (Å²) in [4.78, 5) is 35.3. The fraction of sp³-hybridized carbons (Fsp3) is 0.0952. The van der Waals surface area contributed by atoms with Crippen LogP contribution < -0.4 is 5.32 Å². The minimum absolute atomic E-state index is 0.0694. The molecule has 0 aliphatic carbocycles. The third kappa shape index (κ3) is 4.85. The summed E-state index contributed by atoms with van der Waals surface area (Å²) in [6.07, 6.45) is 0.578. The second-order valence-electron chi connectivity index (χ2n) is 6.05. The zero-order valence-corrected chi connectivity index (χ0v) is 16.7. The number of hydrogen-bond acceptors (Lipinski definition) is 5. The van der Waals surface area contributed by atoms with Crippen molar-refractivity contribution in [1.82, 2.24) is 0 Å². The molecule has 0 aliphatic heterocycles. The second-order valence-corrected chi connectivity index (χ2v) is 6.87. The van der Waals surface area contributed by atoms with Gasteiger partial charge >= 0.3 is 5.97 Å². The molecule has 1 aromatic heterocycles. The molecule has 1 amide bonds.